The predicted octanol–water partition coefficient (Wildman–Crippen LogP) is 1.79. The Morgan fingerprint density at radius 1 is 1.62 bits per heavy atom. The van der Waals surface area contributed by atoms with Crippen LogP contribution in [0.5, 0.6) is 0 Å². The highest BCUT2D eigenvalue weighted by atomic mass is 16.4. The minimum atomic E-state index is -1.08. The predicted molar refractivity (Wildman–Crippen MR) is 49.6 cm³/mol. The number of fused-ring (bicyclic) bond motifs is 1. The zero-order valence-electron chi connectivity index (χ0n) is 10.6. The van der Waals surface area contributed by atoms with Crippen molar-refractivity contribution in [2.75, 3.05) is 0 Å². The van der Waals surface area contributed by atoms with Crippen LogP contribution in [0.2, 0.25) is 0 Å². The van der Waals surface area contributed by atoms with E-state index in [1.165, 1.54) is 6.07 Å². The van der Waals surface area contributed by atoms with Crippen LogP contribution in [0.15, 0.2) is 30.2 Å². The first-order valence-electron chi connectivity index (χ1n) is 5.71. The molecule has 3 heteroatoms. The van der Waals surface area contributed by atoms with E-state index in [-0.39, 0.29) is 41.7 Å². The number of aromatic nitrogens is 1. The smallest absolute Gasteiger partial charge is 0.309 e. The number of aromatic amines is 1. The van der Waals surface area contributed by atoms with Gasteiger partial charge in [0.2, 0.25) is 0 Å². The summed E-state index contributed by atoms with van der Waals surface area (Å²) in [5.74, 6) is -1.08. The lowest BCUT2D eigenvalue weighted by Gasteiger charge is -1.88. The summed E-state index contributed by atoms with van der Waals surface area (Å²) < 4.78 is 30.4. The molecule has 0 aliphatic carbocycles. The van der Waals surface area contributed by atoms with Gasteiger partial charge in [-0.25, -0.2) is 0 Å². The summed E-state index contributed by atoms with van der Waals surface area (Å²) in [7, 11) is 0. The van der Waals surface area contributed by atoms with Crippen molar-refractivity contribution < 1.29 is 15.4 Å². The summed E-state index contributed by atoms with van der Waals surface area (Å²) in [4.78, 5) is 13.3. The molecular weight excluding hydrogens is 166 g/mol. The van der Waals surface area contributed by atoms with Gasteiger partial charge in [-0.3, -0.25) is 4.79 Å². The molecule has 0 spiro atoms. The number of carbonyl (C=O) groups is 1. The lowest BCUT2D eigenvalue weighted by molar-refractivity contribution is -0.136. The molecule has 13 heavy (non-hydrogen) atoms. The average molecular weight is 179 g/mol. The molecule has 0 atom stereocenters. The fourth-order valence-corrected chi connectivity index (χ4v) is 1.13. The SMILES string of the molecule is [2H]c1cc2[nH]c(CC(=O)O)c([2H])c2c([2H])c1[2H]. The monoisotopic (exact) mass is 179 g/mol. The molecule has 2 N–H and O–H groups in total. The first kappa shape index (κ1) is 4.46. The fraction of sp³-hybridized carbons (Fsp3) is 0.100. The van der Waals surface area contributed by atoms with E-state index in [1.54, 1.807) is 0 Å². The number of nitrogens with one attached hydrogen (secondary N) is 1. The molecule has 0 bridgehead atoms. The Balaban J connectivity index is 2.74. The van der Waals surface area contributed by atoms with E-state index in [2.05, 4.69) is 4.98 Å². The van der Waals surface area contributed by atoms with Gasteiger partial charge >= 0.3 is 5.97 Å². The highest BCUT2D eigenvalue weighted by Gasteiger charge is 2.03. The second-order valence-corrected chi connectivity index (χ2v) is 2.63. The van der Waals surface area contributed by atoms with Crippen molar-refractivity contribution in [1.82, 2.24) is 4.98 Å². The number of hydrogen-bond donors (Lipinski definition) is 2. The van der Waals surface area contributed by atoms with Crippen molar-refractivity contribution in [1.29, 1.82) is 0 Å². The first-order chi connectivity index (χ1) is 7.91. The van der Waals surface area contributed by atoms with Gasteiger partial charge in [0.1, 0.15) is 0 Å². The third-order valence-corrected chi connectivity index (χ3v) is 1.63. The normalized spacial score (nSPS) is 14.8. The summed E-state index contributed by atoms with van der Waals surface area (Å²) in [6.07, 6.45) is -0.340. The van der Waals surface area contributed by atoms with Crippen LogP contribution in [0.1, 0.15) is 11.2 Å². The molecule has 0 fully saturated rings. The zero-order valence-corrected chi connectivity index (χ0v) is 6.64. The number of H-pyrrole nitrogens is 1. The van der Waals surface area contributed by atoms with Gasteiger partial charge in [-0.15, -0.1) is 0 Å². The summed E-state index contributed by atoms with van der Waals surface area (Å²) in [6, 6.07) is 0.655. The largest absolute Gasteiger partial charge is 0.481 e. The number of rotatable bonds is 2. The third kappa shape index (κ3) is 1.54. The number of para-hydroxylation sites is 1. The van der Waals surface area contributed by atoms with Gasteiger partial charge in [0.25, 0.3) is 0 Å². The minimum absolute atomic E-state index is 0.0825. The molecule has 1 heterocycles. The first-order valence-corrected chi connectivity index (χ1v) is 3.71. The molecule has 0 saturated carbocycles. The Morgan fingerprint density at radius 3 is 3.23 bits per heavy atom. The van der Waals surface area contributed by atoms with E-state index in [9.17, 15) is 4.79 Å². The Morgan fingerprint density at radius 2 is 2.46 bits per heavy atom. The van der Waals surface area contributed by atoms with Crippen LogP contribution < -0.4 is 0 Å². The highest BCUT2D eigenvalue weighted by molar-refractivity contribution is 5.82. The van der Waals surface area contributed by atoms with Gasteiger partial charge in [-0.05, 0) is 17.5 Å². The van der Waals surface area contributed by atoms with E-state index in [0.29, 0.717) is 5.52 Å². The Labute approximate surface area is 80.6 Å². The van der Waals surface area contributed by atoms with Crippen LogP contribution in [0, 0.1) is 0 Å². The molecule has 2 aromatic rings. The van der Waals surface area contributed by atoms with Crippen molar-refractivity contribution in [3.05, 3.63) is 35.9 Å². The molecule has 0 amide bonds. The summed E-state index contributed by atoms with van der Waals surface area (Å²) in [5.41, 5.74) is 0.545. The molecule has 2 rings (SSSR count). The van der Waals surface area contributed by atoms with Gasteiger partial charge in [0, 0.05) is 11.2 Å². The van der Waals surface area contributed by atoms with Gasteiger partial charge in [0.05, 0.1) is 11.9 Å². The van der Waals surface area contributed by atoms with Crippen molar-refractivity contribution in [3.8, 4) is 0 Å². The van der Waals surface area contributed by atoms with Crippen LogP contribution in [0.4, 0.5) is 0 Å². The van der Waals surface area contributed by atoms with E-state index < -0.39 is 5.97 Å². The number of aliphatic carboxylic acids is 1. The Hall–Kier alpha value is -1.77. The molecular formula is C10H9NO2. The lowest BCUT2D eigenvalue weighted by atomic mass is 10.2. The lowest BCUT2D eigenvalue weighted by Crippen LogP contribution is -1.99. The van der Waals surface area contributed by atoms with Crippen LogP contribution in [-0.4, -0.2) is 16.1 Å². The van der Waals surface area contributed by atoms with Gasteiger partial charge < -0.3 is 10.1 Å². The maximum Gasteiger partial charge on any atom is 0.309 e. The molecule has 1 aromatic carbocycles. The molecule has 66 valence electrons. The molecule has 0 aliphatic heterocycles. The fourth-order valence-electron chi connectivity index (χ4n) is 1.13. The molecule has 0 aliphatic rings. The number of carboxylic acid groups (broad SMARTS) is 1. The minimum Gasteiger partial charge on any atom is -0.481 e. The number of benzene rings is 1. The van der Waals surface area contributed by atoms with Crippen LogP contribution in [0.25, 0.3) is 10.9 Å². The second kappa shape index (κ2) is 2.94. The van der Waals surface area contributed by atoms with E-state index >= 15 is 0 Å². The molecule has 0 saturated heterocycles. The number of hydrogen-bond acceptors (Lipinski definition) is 1. The quantitative estimate of drug-likeness (QED) is 0.738. The number of carboxylic acids is 1. The van der Waals surface area contributed by atoms with Gasteiger partial charge in [0.15, 0.2) is 0 Å². The summed E-state index contributed by atoms with van der Waals surface area (Å²) in [5, 5.41) is 8.87. The van der Waals surface area contributed by atoms with Crippen molar-refractivity contribution >= 4 is 16.9 Å². The maximum absolute atomic E-state index is 10.6. The molecule has 1 aromatic heterocycles. The maximum atomic E-state index is 10.6. The Bertz CT molecular complexity index is 621. The summed E-state index contributed by atoms with van der Waals surface area (Å²) >= 11 is 0. The third-order valence-electron chi connectivity index (χ3n) is 1.63. The Kier molecular flexibility index (Phi) is 1.01. The van der Waals surface area contributed by atoms with Crippen molar-refractivity contribution in [3.63, 3.8) is 0 Å². The standard InChI is InChI=1S/C10H9NO2/c12-10(13)6-8-5-7-3-1-2-4-9(7)11-8/h1-5,11H,6H2,(H,12,13)/i1D,2D,3D,5D. The molecule has 0 unspecified atom stereocenters. The average Bonchev–Trinajstić information content (AvgIpc) is 2.52. The van der Waals surface area contributed by atoms with Crippen LogP contribution >= 0.6 is 0 Å². The van der Waals surface area contributed by atoms with E-state index in [0.717, 1.165) is 0 Å². The van der Waals surface area contributed by atoms with E-state index in [1.807, 2.05) is 0 Å². The van der Waals surface area contributed by atoms with Gasteiger partial charge in [-0.2, -0.15) is 0 Å². The van der Waals surface area contributed by atoms with Crippen LogP contribution in [0.3, 0.4) is 0 Å². The summed E-state index contributed by atoms with van der Waals surface area (Å²) in [6.45, 7) is 0. The van der Waals surface area contributed by atoms with Crippen molar-refractivity contribution in [2.45, 2.75) is 6.42 Å². The highest BCUT2D eigenvalue weighted by Crippen LogP contribution is 2.14. The van der Waals surface area contributed by atoms with Gasteiger partial charge in [-0.1, -0.05) is 18.1 Å². The second-order valence-electron chi connectivity index (χ2n) is 2.63. The molecule has 0 radical (unpaired) electrons. The van der Waals surface area contributed by atoms with Crippen molar-refractivity contribution in [2.24, 2.45) is 0 Å². The zero-order chi connectivity index (χ0) is 12.7. The molecule has 3 nitrogen and oxygen atoms in total. The topological polar surface area (TPSA) is 53.1 Å². The van der Waals surface area contributed by atoms with Crippen LogP contribution in [-0.2, 0) is 11.2 Å². The van der Waals surface area contributed by atoms with E-state index in [4.69, 9.17) is 10.6 Å².